The van der Waals surface area contributed by atoms with Gasteiger partial charge in [0.1, 0.15) is 11.8 Å². The smallest absolute Gasteiger partial charge is 0.255 e. The molecule has 0 spiro atoms. The van der Waals surface area contributed by atoms with E-state index in [-0.39, 0.29) is 17.7 Å². The second-order valence-corrected chi connectivity index (χ2v) is 6.77. The van der Waals surface area contributed by atoms with Gasteiger partial charge in [0.2, 0.25) is 5.91 Å². The molecule has 1 aromatic heterocycles. The normalized spacial score (nSPS) is 11.9. The van der Waals surface area contributed by atoms with Crippen LogP contribution in [0.25, 0.3) is 0 Å². The molecule has 7 heteroatoms. The molecule has 1 atom stereocenters. The fourth-order valence-corrected chi connectivity index (χ4v) is 2.98. The fourth-order valence-electron chi connectivity index (χ4n) is 2.28. The lowest BCUT2D eigenvalue weighted by atomic mass is 10.0. The molecular weight excluding hydrogens is 338 g/mol. The molecule has 0 saturated carbocycles. The molecule has 1 heterocycles. The number of aromatic nitrogens is 1. The Balaban J connectivity index is 2.13. The van der Waals surface area contributed by atoms with Crippen LogP contribution in [0.1, 0.15) is 36.8 Å². The van der Waals surface area contributed by atoms with E-state index in [0.29, 0.717) is 23.1 Å². The van der Waals surface area contributed by atoms with Crippen LogP contribution in [-0.4, -0.2) is 29.4 Å². The Hall–Kier alpha value is -2.41. The van der Waals surface area contributed by atoms with Gasteiger partial charge in [-0.2, -0.15) is 0 Å². The maximum absolute atomic E-state index is 12.6. The summed E-state index contributed by atoms with van der Waals surface area (Å²) in [5.74, 6) is -0.204. The number of hydrogen-bond acceptors (Lipinski definition) is 5. The minimum atomic E-state index is -0.675. The molecule has 1 aromatic carbocycles. The van der Waals surface area contributed by atoms with Gasteiger partial charge in [-0.25, -0.2) is 4.98 Å². The Bertz CT molecular complexity index is 743. The summed E-state index contributed by atoms with van der Waals surface area (Å²) in [7, 11) is 0. The standard InChI is InChI=1S/C18H23N3O3S/c1-5-24-14-9-7-6-8-13(14)16(22)20-15(11(2)3)17(23)21-18-19-12(4)10-25-18/h6-11,15H,5H2,1-4H3,(H,20,22)(H,19,21,23)/t15-/m0/s1. The molecule has 0 radical (unpaired) electrons. The Morgan fingerprint density at radius 3 is 2.60 bits per heavy atom. The molecule has 6 nitrogen and oxygen atoms in total. The maximum Gasteiger partial charge on any atom is 0.255 e. The van der Waals surface area contributed by atoms with Crippen LogP contribution in [0.15, 0.2) is 29.6 Å². The van der Waals surface area contributed by atoms with E-state index in [1.807, 2.05) is 33.1 Å². The summed E-state index contributed by atoms with van der Waals surface area (Å²) in [6, 6.07) is 6.31. The highest BCUT2D eigenvalue weighted by Crippen LogP contribution is 2.19. The third-order valence-corrected chi connectivity index (χ3v) is 4.39. The Morgan fingerprint density at radius 1 is 1.28 bits per heavy atom. The van der Waals surface area contributed by atoms with Gasteiger partial charge in [0.15, 0.2) is 5.13 Å². The average Bonchev–Trinajstić information content (AvgIpc) is 2.97. The lowest BCUT2D eigenvalue weighted by molar-refractivity contribution is -0.118. The number of thiazole rings is 1. The first-order valence-corrected chi connectivity index (χ1v) is 9.06. The minimum absolute atomic E-state index is 0.0794. The maximum atomic E-state index is 12.6. The van der Waals surface area contributed by atoms with Gasteiger partial charge >= 0.3 is 0 Å². The third kappa shape index (κ3) is 5.03. The third-order valence-electron chi connectivity index (χ3n) is 3.52. The Morgan fingerprint density at radius 2 is 2.00 bits per heavy atom. The molecule has 0 aliphatic rings. The number of anilines is 1. The molecule has 2 aromatic rings. The number of benzene rings is 1. The number of carbonyl (C=O) groups is 2. The highest BCUT2D eigenvalue weighted by molar-refractivity contribution is 7.13. The van der Waals surface area contributed by atoms with Crippen LogP contribution in [0.2, 0.25) is 0 Å². The number of ether oxygens (including phenoxy) is 1. The lowest BCUT2D eigenvalue weighted by Crippen LogP contribution is -2.47. The highest BCUT2D eigenvalue weighted by atomic mass is 32.1. The zero-order valence-corrected chi connectivity index (χ0v) is 15.6. The summed E-state index contributed by atoms with van der Waals surface area (Å²) in [4.78, 5) is 29.4. The molecule has 2 N–H and O–H groups in total. The Kier molecular flexibility index (Phi) is 6.52. The summed E-state index contributed by atoms with van der Waals surface area (Å²) in [5, 5.41) is 7.95. The van der Waals surface area contributed by atoms with Gasteiger partial charge in [-0.05, 0) is 31.9 Å². The van der Waals surface area contributed by atoms with Crippen molar-refractivity contribution in [2.24, 2.45) is 5.92 Å². The number of carbonyl (C=O) groups excluding carboxylic acids is 2. The molecule has 2 rings (SSSR count). The van der Waals surface area contributed by atoms with Crippen molar-refractivity contribution in [3.63, 3.8) is 0 Å². The SMILES string of the molecule is CCOc1ccccc1C(=O)N[C@H](C(=O)Nc1nc(C)cs1)C(C)C. The van der Waals surface area contributed by atoms with E-state index in [1.54, 1.807) is 24.3 Å². The molecule has 0 saturated heterocycles. The number of nitrogens with one attached hydrogen (secondary N) is 2. The number of aryl methyl sites for hydroxylation is 1. The van der Waals surface area contributed by atoms with Crippen molar-refractivity contribution in [2.45, 2.75) is 33.7 Å². The molecule has 0 bridgehead atoms. The van der Waals surface area contributed by atoms with Gasteiger partial charge in [0.05, 0.1) is 17.9 Å². The predicted octanol–water partition coefficient (Wildman–Crippen LogP) is 3.24. The van der Waals surface area contributed by atoms with Gasteiger partial charge in [-0.1, -0.05) is 26.0 Å². The van der Waals surface area contributed by atoms with E-state index >= 15 is 0 Å². The summed E-state index contributed by atoms with van der Waals surface area (Å²) >= 11 is 1.36. The zero-order valence-electron chi connectivity index (χ0n) is 14.8. The summed E-state index contributed by atoms with van der Waals surface area (Å²) in [6.07, 6.45) is 0. The van der Waals surface area contributed by atoms with Crippen molar-refractivity contribution in [3.8, 4) is 5.75 Å². The minimum Gasteiger partial charge on any atom is -0.493 e. The molecule has 25 heavy (non-hydrogen) atoms. The van der Waals surface area contributed by atoms with Crippen LogP contribution >= 0.6 is 11.3 Å². The lowest BCUT2D eigenvalue weighted by Gasteiger charge is -2.21. The van der Waals surface area contributed by atoms with Gasteiger partial charge in [0, 0.05) is 5.38 Å². The fraction of sp³-hybridized carbons (Fsp3) is 0.389. The quantitative estimate of drug-likeness (QED) is 0.793. The average molecular weight is 361 g/mol. The van der Waals surface area contributed by atoms with Crippen molar-refractivity contribution >= 4 is 28.3 Å². The monoisotopic (exact) mass is 361 g/mol. The van der Waals surface area contributed by atoms with Crippen molar-refractivity contribution in [2.75, 3.05) is 11.9 Å². The molecule has 0 fully saturated rings. The highest BCUT2D eigenvalue weighted by Gasteiger charge is 2.26. The van der Waals surface area contributed by atoms with Crippen LogP contribution in [0, 0.1) is 12.8 Å². The Labute approximate surface area is 151 Å². The number of hydrogen-bond donors (Lipinski definition) is 2. The van der Waals surface area contributed by atoms with E-state index in [4.69, 9.17) is 4.74 Å². The van der Waals surface area contributed by atoms with Crippen LogP contribution < -0.4 is 15.4 Å². The largest absolute Gasteiger partial charge is 0.493 e. The predicted molar refractivity (Wildman–Crippen MR) is 99.2 cm³/mol. The topological polar surface area (TPSA) is 80.3 Å². The van der Waals surface area contributed by atoms with Gasteiger partial charge in [-0.3, -0.25) is 9.59 Å². The van der Waals surface area contributed by atoms with E-state index < -0.39 is 6.04 Å². The summed E-state index contributed by atoms with van der Waals surface area (Å²) in [5.41, 5.74) is 1.25. The first-order valence-electron chi connectivity index (χ1n) is 8.18. The molecule has 134 valence electrons. The van der Waals surface area contributed by atoms with Gasteiger partial charge in [-0.15, -0.1) is 11.3 Å². The molecular formula is C18H23N3O3S. The van der Waals surface area contributed by atoms with Crippen LogP contribution in [-0.2, 0) is 4.79 Å². The van der Waals surface area contributed by atoms with E-state index in [2.05, 4.69) is 15.6 Å². The van der Waals surface area contributed by atoms with Crippen molar-refractivity contribution < 1.29 is 14.3 Å². The van der Waals surface area contributed by atoms with Gasteiger partial charge < -0.3 is 15.4 Å². The number of nitrogens with zero attached hydrogens (tertiary/aromatic N) is 1. The summed E-state index contributed by atoms with van der Waals surface area (Å²) in [6.45, 7) is 7.94. The molecule has 0 aliphatic heterocycles. The van der Waals surface area contributed by atoms with Gasteiger partial charge in [0.25, 0.3) is 5.91 Å². The number of para-hydroxylation sites is 1. The van der Waals surface area contributed by atoms with Crippen molar-refractivity contribution in [3.05, 3.63) is 40.9 Å². The second kappa shape index (κ2) is 8.62. The zero-order chi connectivity index (χ0) is 18.4. The molecule has 0 aliphatic carbocycles. The molecule has 0 unspecified atom stereocenters. The summed E-state index contributed by atoms with van der Waals surface area (Å²) < 4.78 is 5.49. The van der Waals surface area contributed by atoms with Crippen LogP contribution in [0.3, 0.4) is 0 Å². The first-order chi connectivity index (χ1) is 11.9. The first kappa shape index (κ1) is 18.9. The van der Waals surface area contributed by atoms with Crippen LogP contribution in [0.5, 0.6) is 5.75 Å². The number of rotatable bonds is 7. The van der Waals surface area contributed by atoms with Crippen LogP contribution in [0.4, 0.5) is 5.13 Å². The van der Waals surface area contributed by atoms with E-state index in [9.17, 15) is 9.59 Å². The molecule has 2 amide bonds. The van der Waals surface area contributed by atoms with E-state index in [0.717, 1.165) is 5.69 Å². The van der Waals surface area contributed by atoms with E-state index in [1.165, 1.54) is 11.3 Å². The van der Waals surface area contributed by atoms with Crippen molar-refractivity contribution in [1.29, 1.82) is 0 Å². The number of amides is 2. The van der Waals surface area contributed by atoms with Crippen molar-refractivity contribution in [1.82, 2.24) is 10.3 Å². The second-order valence-electron chi connectivity index (χ2n) is 5.91.